The highest BCUT2D eigenvalue weighted by molar-refractivity contribution is 8.05. The quantitative estimate of drug-likeness (QED) is 0.325. The molecular formula is C29H30N2OS. The van der Waals surface area contributed by atoms with Gasteiger partial charge in [0.1, 0.15) is 0 Å². The summed E-state index contributed by atoms with van der Waals surface area (Å²) in [6.07, 6.45) is 5.25. The zero-order valence-corrected chi connectivity index (χ0v) is 20.2. The van der Waals surface area contributed by atoms with Gasteiger partial charge in [-0.3, -0.25) is 4.79 Å². The average Bonchev–Trinajstić information content (AvgIpc) is 3.09. The number of carbonyl (C=O) groups is 1. The van der Waals surface area contributed by atoms with Crippen molar-refractivity contribution in [2.45, 2.75) is 19.3 Å². The molecule has 1 aliphatic heterocycles. The molecule has 0 aromatic heterocycles. The molecular weight excluding hydrogens is 424 g/mol. The van der Waals surface area contributed by atoms with E-state index in [9.17, 15) is 4.79 Å². The van der Waals surface area contributed by atoms with Crippen LogP contribution in [-0.4, -0.2) is 23.4 Å². The van der Waals surface area contributed by atoms with Crippen molar-refractivity contribution in [1.29, 1.82) is 0 Å². The average molecular weight is 455 g/mol. The predicted molar refractivity (Wildman–Crippen MR) is 144 cm³/mol. The Hall–Kier alpha value is -3.50. The molecule has 33 heavy (non-hydrogen) atoms. The van der Waals surface area contributed by atoms with Crippen LogP contribution in [0.25, 0.3) is 17.2 Å². The van der Waals surface area contributed by atoms with Gasteiger partial charge in [0.05, 0.1) is 4.91 Å². The van der Waals surface area contributed by atoms with Crippen LogP contribution >= 0.6 is 11.8 Å². The van der Waals surface area contributed by atoms with Gasteiger partial charge in [0.15, 0.2) is 5.50 Å². The van der Waals surface area contributed by atoms with Crippen LogP contribution in [0.1, 0.15) is 16.7 Å². The number of nitrogens with zero attached hydrogens (tertiary/aromatic N) is 1. The molecule has 168 valence electrons. The number of benzene rings is 3. The molecule has 1 fully saturated rings. The lowest BCUT2D eigenvalue weighted by Gasteiger charge is -2.20. The van der Waals surface area contributed by atoms with E-state index in [0.29, 0.717) is 0 Å². The van der Waals surface area contributed by atoms with Gasteiger partial charge in [-0.25, -0.2) is 0 Å². The van der Waals surface area contributed by atoms with Gasteiger partial charge in [-0.2, -0.15) is 0 Å². The van der Waals surface area contributed by atoms with E-state index in [1.165, 1.54) is 22.3 Å². The first kappa shape index (κ1) is 24.1. The molecule has 4 heteroatoms. The molecule has 1 unspecified atom stereocenters. The van der Waals surface area contributed by atoms with E-state index < -0.39 is 0 Å². The number of anilines is 1. The summed E-state index contributed by atoms with van der Waals surface area (Å²) < 4.78 is 0. The number of allylic oxidation sites excluding steroid dienone is 2. The topological polar surface area (TPSA) is 32.3 Å². The second kappa shape index (κ2) is 11.4. The maximum atomic E-state index is 12.7. The first-order valence-electron chi connectivity index (χ1n) is 10.8. The summed E-state index contributed by atoms with van der Waals surface area (Å²) in [6, 6.07) is 25.1. The van der Waals surface area contributed by atoms with Crippen molar-refractivity contribution in [3.05, 3.63) is 120 Å². The predicted octanol–water partition coefficient (Wildman–Crippen LogP) is 7.27. The van der Waals surface area contributed by atoms with E-state index in [1.54, 1.807) is 28.8 Å². The SMILES string of the molecule is C=CC=C.Cc1ccc(NC2S/C(=C\c3ccc(-c4ccc(C)cc4)cc3)C(=O)N2C)cc1. The summed E-state index contributed by atoms with van der Waals surface area (Å²) in [5.41, 5.74) is 6.77. The Labute approximate surface area is 201 Å². The van der Waals surface area contributed by atoms with Crippen LogP contribution < -0.4 is 5.32 Å². The number of amides is 1. The lowest BCUT2D eigenvalue weighted by atomic mass is 10.0. The van der Waals surface area contributed by atoms with E-state index >= 15 is 0 Å². The van der Waals surface area contributed by atoms with Crippen LogP contribution in [-0.2, 0) is 4.79 Å². The molecule has 1 saturated heterocycles. The Morgan fingerprint density at radius 1 is 0.818 bits per heavy atom. The zero-order chi connectivity index (χ0) is 23.8. The van der Waals surface area contributed by atoms with Crippen LogP contribution in [0.3, 0.4) is 0 Å². The Morgan fingerprint density at radius 3 is 1.82 bits per heavy atom. The molecule has 1 aliphatic rings. The third kappa shape index (κ3) is 6.50. The highest BCUT2D eigenvalue weighted by atomic mass is 32.2. The van der Waals surface area contributed by atoms with Crippen molar-refractivity contribution in [1.82, 2.24) is 4.90 Å². The number of hydrogen-bond acceptors (Lipinski definition) is 3. The Kier molecular flexibility index (Phi) is 8.34. The van der Waals surface area contributed by atoms with Crippen molar-refractivity contribution >= 4 is 29.4 Å². The fourth-order valence-electron chi connectivity index (χ4n) is 3.21. The van der Waals surface area contributed by atoms with Crippen molar-refractivity contribution in [3.8, 4) is 11.1 Å². The molecule has 1 N–H and O–H groups in total. The highest BCUT2D eigenvalue weighted by Gasteiger charge is 2.33. The first-order chi connectivity index (χ1) is 15.9. The molecule has 4 rings (SSSR count). The molecule has 0 spiro atoms. The van der Waals surface area contributed by atoms with Gasteiger partial charge in [0.2, 0.25) is 0 Å². The largest absolute Gasteiger partial charge is 0.356 e. The van der Waals surface area contributed by atoms with Gasteiger partial charge in [-0.05, 0) is 48.7 Å². The van der Waals surface area contributed by atoms with Gasteiger partial charge in [-0.1, -0.05) is 109 Å². The summed E-state index contributed by atoms with van der Waals surface area (Å²) in [4.78, 5) is 15.2. The second-order valence-corrected chi connectivity index (χ2v) is 8.99. The van der Waals surface area contributed by atoms with Gasteiger partial charge in [0.25, 0.3) is 5.91 Å². The summed E-state index contributed by atoms with van der Waals surface area (Å²) in [6.45, 7) is 10.9. The van der Waals surface area contributed by atoms with Gasteiger partial charge >= 0.3 is 0 Å². The summed E-state index contributed by atoms with van der Waals surface area (Å²) in [5, 5.41) is 3.43. The minimum atomic E-state index is -0.108. The van der Waals surface area contributed by atoms with Crippen LogP contribution in [0.15, 0.2) is 103 Å². The molecule has 0 aliphatic carbocycles. The third-order valence-corrected chi connectivity index (χ3v) is 6.43. The van der Waals surface area contributed by atoms with Crippen LogP contribution in [0, 0.1) is 13.8 Å². The first-order valence-corrected chi connectivity index (χ1v) is 11.7. The minimum Gasteiger partial charge on any atom is -0.356 e. The number of nitrogens with one attached hydrogen (secondary N) is 1. The Bertz CT molecular complexity index is 1120. The summed E-state index contributed by atoms with van der Waals surface area (Å²) in [5.74, 6) is 0.0437. The Morgan fingerprint density at radius 2 is 1.30 bits per heavy atom. The van der Waals surface area contributed by atoms with E-state index in [0.717, 1.165) is 16.2 Å². The lowest BCUT2D eigenvalue weighted by molar-refractivity contribution is -0.124. The highest BCUT2D eigenvalue weighted by Crippen LogP contribution is 2.36. The van der Waals surface area contributed by atoms with E-state index in [1.807, 2.05) is 25.3 Å². The van der Waals surface area contributed by atoms with E-state index in [4.69, 9.17) is 0 Å². The number of hydrogen-bond donors (Lipinski definition) is 1. The monoisotopic (exact) mass is 454 g/mol. The van der Waals surface area contributed by atoms with Gasteiger partial charge in [-0.15, -0.1) is 0 Å². The normalized spacial score (nSPS) is 16.2. The molecule has 3 aromatic rings. The second-order valence-electron chi connectivity index (χ2n) is 7.86. The fourth-order valence-corrected chi connectivity index (χ4v) is 4.35. The number of thioether (sulfide) groups is 1. The van der Waals surface area contributed by atoms with Crippen molar-refractivity contribution < 1.29 is 4.79 Å². The number of likely N-dealkylation sites (N-methyl/N-ethyl adjacent to an activating group) is 1. The maximum Gasteiger partial charge on any atom is 0.262 e. The molecule has 3 aromatic carbocycles. The third-order valence-electron chi connectivity index (χ3n) is 5.22. The van der Waals surface area contributed by atoms with Crippen LogP contribution in [0.4, 0.5) is 5.69 Å². The molecule has 0 saturated carbocycles. The lowest BCUT2D eigenvalue weighted by Crippen LogP contribution is -2.33. The van der Waals surface area contributed by atoms with Crippen molar-refractivity contribution in [2.75, 3.05) is 12.4 Å². The molecule has 0 bridgehead atoms. The molecule has 0 radical (unpaired) electrons. The van der Waals surface area contributed by atoms with E-state index in [2.05, 4.69) is 93.0 Å². The molecule has 1 atom stereocenters. The molecule has 1 heterocycles. The number of aryl methyl sites for hydroxylation is 2. The maximum absolute atomic E-state index is 12.7. The zero-order valence-electron chi connectivity index (χ0n) is 19.4. The summed E-state index contributed by atoms with van der Waals surface area (Å²) >= 11 is 1.55. The number of carbonyl (C=O) groups excluding carboxylic acids is 1. The fraction of sp³-hybridized carbons (Fsp3) is 0.138. The standard InChI is InChI=1S/C25H24N2OS.C4H6/c1-17-4-10-20(11-5-17)21-12-8-19(9-13-21)16-23-24(28)27(3)25(29-23)26-22-14-6-18(2)7-15-22;1-3-4-2/h4-16,25-26H,1-3H3;3-4H,1-2H2/b23-16-;. The smallest absolute Gasteiger partial charge is 0.262 e. The minimum absolute atomic E-state index is 0.0437. The number of rotatable bonds is 5. The van der Waals surface area contributed by atoms with Gasteiger partial charge < -0.3 is 10.2 Å². The molecule has 1 amide bonds. The summed E-state index contributed by atoms with van der Waals surface area (Å²) in [7, 11) is 1.84. The van der Waals surface area contributed by atoms with Crippen molar-refractivity contribution in [2.24, 2.45) is 0 Å². The van der Waals surface area contributed by atoms with Crippen molar-refractivity contribution in [3.63, 3.8) is 0 Å². The van der Waals surface area contributed by atoms with Crippen LogP contribution in [0.2, 0.25) is 0 Å². The Balaban J connectivity index is 0.000000709. The van der Waals surface area contributed by atoms with Gasteiger partial charge in [0, 0.05) is 12.7 Å². The molecule has 3 nitrogen and oxygen atoms in total. The van der Waals surface area contributed by atoms with Crippen LogP contribution in [0.5, 0.6) is 0 Å². The van der Waals surface area contributed by atoms with E-state index in [-0.39, 0.29) is 11.4 Å².